The van der Waals surface area contributed by atoms with Gasteiger partial charge in [0.25, 0.3) is 5.91 Å². The van der Waals surface area contributed by atoms with Crippen molar-refractivity contribution < 1.29 is 24.5 Å². The van der Waals surface area contributed by atoms with Crippen LogP contribution in [0.1, 0.15) is 23.7 Å². The quantitative estimate of drug-likeness (QED) is 0.674. The predicted molar refractivity (Wildman–Crippen MR) is 68.2 cm³/mol. The zero-order valence-corrected chi connectivity index (χ0v) is 10.6. The number of carbonyl (C=O) groups excluding carboxylic acids is 1. The Morgan fingerprint density at radius 2 is 2.16 bits per heavy atom. The minimum absolute atomic E-state index is 0.339. The van der Waals surface area contributed by atoms with E-state index in [2.05, 4.69) is 5.32 Å². The Kier molecular flexibility index (Phi) is 5.81. The number of hydrogen-bond acceptors (Lipinski definition) is 4. The minimum atomic E-state index is -1.61. The molecular weight excluding hydrogens is 250 g/mol. The number of carboxylic acids is 1. The van der Waals surface area contributed by atoms with Crippen LogP contribution in [0.3, 0.4) is 0 Å². The summed E-state index contributed by atoms with van der Waals surface area (Å²) in [5.41, 5.74) is 0.353. The number of aliphatic hydroxyl groups is 1. The van der Waals surface area contributed by atoms with Crippen molar-refractivity contribution in [2.24, 2.45) is 0 Å². The molecule has 0 aromatic heterocycles. The van der Waals surface area contributed by atoms with Crippen molar-refractivity contribution in [3.8, 4) is 5.75 Å². The van der Waals surface area contributed by atoms with E-state index in [1.807, 2.05) is 6.92 Å². The lowest BCUT2D eigenvalue weighted by atomic mass is 10.2. The summed E-state index contributed by atoms with van der Waals surface area (Å²) in [5, 5.41) is 19.9. The van der Waals surface area contributed by atoms with Gasteiger partial charge in [0, 0.05) is 5.56 Å². The molecule has 1 amide bonds. The predicted octanol–water partition coefficient (Wildman–Crippen LogP) is 0.651. The zero-order valence-electron chi connectivity index (χ0n) is 10.6. The molecule has 6 heteroatoms. The van der Waals surface area contributed by atoms with E-state index in [0.717, 1.165) is 6.42 Å². The van der Waals surface area contributed by atoms with Gasteiger partial charge in [-0.3, -0.25) is 4.79 Å². The Morgan fingerprint density at radius 1 is 1.42 bits per heavy atom. The standard InChI is InChI=1S/C13H17NO5/c1-2-6-19-10-5-3-4-9(7-10)12(16)14-8-11(15)13(17)18/h3-5,7,11,15H,2,6,8H2,1H3,(H,14,16)(H,17,18)/t11-/m0/s1. The molecule has 0 heterocycles. The van der Waals surface area contributed by atoms with E-state index in [0.29, 0.717) is 17.9 Å². The maximum Gasteiger partial charge on any atom is 0.334 e. The number of carboxylic acid groups (broad SMARTS) is 1. The summed E-state index contributed by atoms with van der Waals surface area (Å²) < 4.78 is 5.39. The highest BCUT2D eigenvalue weighted by atomic mass is 16.5. The maximum atomic E-state index is 11.7. The van der Waals surface area contributed by atoms with E-state index in [1.165, 1.54) is 0 Å². The van der Waals surface area contributed by atoms with Crippen molar-refractivity contribution in [3.05, 3.63) is 29.8 Å². The topological polar surface area (TPSA) is 95.9 Å². The molecule has 0 bridgehead atoms. The first-order valence-corrected chi connectivity index (χ1v) is 5.96. The van der Waals surface area contributed by atoms with Crippen LogP contribution in [-0.2, 0) is 4.79 Å². The summed E-state index contributed by atoms with van der Waals surface area (Å²) in [6.45, 7) is 2.20. The lowest BCUT2D eigenvalue weighted by molar-refractivity contribution is -0.146. The van der Waals surface area contributed by atoms with Crippen LogP contribution in [0, 0.1) is 0 Å². The molecule has 1 rings (SSSR count). The van der Waals surface area contributed by atoms with Crippen molar-refractivity contribution in [1.82, 2.24) is 5.32 Å². The molecule has 1 atom stereocenters. The van der Waals surface area contributed by atoms with E-state index >= 15 is 0 Å². The van der Waals surface area contributed by atoms with Gasteiger partial charge in [0.05, 0.1) is 13.2 Å². The summed E-state index contributed by atoms with van der Waals surface area (Å²) in [5.74, 6) is -1.25. The molecule has 0 aliphatic heterocycles. The molecule has 0 spiro atoms. The van der Waals surface area contributed by atoms with Gasteiger partial charge >= 0.3 is 5.97 Å². The lowest BCUT2D eigenvalue weighted by Gasteiger charge is -2.09. The van der Waals surface area contributed by atoms with Gasteiger partial charge in [-0.1, -0.05) is 13.0 Å². The molecule has 0 saturated carbocycles. The highest BCUT2D eigenvalue weighted by Crippen LogP contribution is 2.13. The summed E-state index contributed by atoms with van der Waals surface area (Å²) in [6, 6.07) is 6.56. The summed E-state index contributed by atoms with van der Waals surface area (Å²) in [7, 11) is 0. The highest BCUT2D eigenvalue weighted by molar-refractivity contribution is 5.94. The molecule has 19 heavy (non-hydrogen) atoms. The molecule has 0 fully saturated rings. The van der Waals surface area contributed by atoms with Crippen LogP contribution in [-0.4, -0.2) is 41.3 Å². The molecule has 1 aromatic rings. The van der Waals surface area contributed by atoms with Crippen LogP contribution < -0.4 is 10.1 Å². The average Bonchev–Trinajstić information content (AvgIpc) is 2.42. The Morgan fingerprint density at radius 3 is 2.79 bits per heavy atom. The van der Waals surface area contributed by atoms with Crippen LogP contribution in [0.5, 0.6) is 5.75 Å². The third-order valence-electron chi connectivity index (χ3n) is 2.31. The van der Waals surface area contributed by atoms with E-state index in [9.17, 15) is 9.59 Å². The summed E-state index contributed by atoms with van der Waals surface area (Å²) >= 11 is 0. The fraction of sp³-hybridized carbons (Fsp3) is 0.385. The third-order valence-corrected chi connectivity index (χ3v) is 2.31. The maximum absolute atomic E-state index is 11.7. The van der Waals surface area contributed by atoms with Gasteiger partial charge in [0.15, 0.2) is 6.10 Å². The monoisotopic (exact) mass is 267 g/mol. The number of amides is 1. The molecule has 0 aliphatic rings. The van der Waals surface area contributed by atoms with Gasteiger partial charge in [0.2, 0.25) is 0 Å². The van der Waals surface area contributed by atoms with Gasteiger partial charge in [0.1, 0.15) is 5.75 Å². The van der Waals surface area contributed by atoms with Crippen molar-refractivity contribution in [2.75, 3.05) is 13.2 Å². The first-order chi connectivity index (χ1) is 9.04. The fourth-order valence-corrected chi connectivity index (χ4v) is 1.33. The van der Waals surface area contributed by atoms with Crippen molar-refractivity contribution >= 4 is 11.9 Å². The summed E-state index contributed by atoms with van der Waals surface area (Å²) in [4.78, 5) is 22.1. The first kappa shape index (κ1) is 15.0. The second-order valence-electron chi connectivity index (χ2n) is 3.94. The smallest absolute Gasteiger partial charge is 0.334 e. The average molecular weight is 267 g/mol. The number of nitrogens with one attached hydrogen (secondary N) is 1. The molecule has 6 nitrogen and oxygen atoms in total. The van der Waals surface area contributed by atoms with Crippen LogP contribution in [0.15, 0.2) is 24.3 Å². The van der Waals surface area contributed by atoms with Crippen molar-refractivity contribution in [2.45, 2.75) is 19.4 Å². The number of aliphatic hydroxyl groups excluding tert-OH is 1. The number of rotatable bonds is 7. The van der Waals surface area contributed by atoms with E-state index in [1.54, 1.807) is 24.3 Å². The number of carbonyl (C=O) groups is 2. The zero-order chi connectivity index (χ0) is 14.3. The Bertz CT molecular complexity index is 446. The SMILES string of the molecule is CCCOc1cccc(C(=O)NC[C@H](O)C(=O)O)c1. The molecule has 1 aromatic carbocycles. The van der Waals surface area contributed by atoms with E-state index < -0.39 is 18.0 Å². The van der Waals surface area contributed by atoms with Gasteiger partial charge < -0.3 is 20.3 Å². The van der Waals surface area contributed by atoms with Gasteiger partial charge in [-0.15, -0.1) is 0 Å². The van der Waals surface area contributed by atoms with E-state index in [-0.39, 0.29) is 6.54 Å². The van der Waals surface area contributed by atoms with Gasteiger partial charge in [-0.25, -0.2) is 4.79 Å². The molecule has 0 saturated heterocycles. The summed E-state index contributed by atoms with van der Waals surface area (Å²) in [6.07, 6.45) is -0.746. The second kappa shape index (κ2) is 7.38. The van der Waals surface area contributed by atoms with Gasteiger partial charge in [-0.2, -0.15) is 0 Å². The van der Waals surface area contributed by atoms with E-state index in [4.69, 9.17) is 14.9 Å². The number of aliphatic carboxylic acids is 1. The normalized spacial score (nSPS) is 11.7. The van der Waals surface area contributed by atoms with Crippen molar-refractivity contribution in [3.63, 3.8) is 0 Å². The Balaban J connectivity index is 2.59. The number of ether oxygens (including phenoxy) is 1. The Hall–Kier alpha value is -2.08. The lowest BCUT2D eigenvalue weighted by Crippen LogP contribution is -2.36. The molecular formula is C13H17NO5. The molecule has 0 unspecified atom stereocenters. The second-order valence-corrected chi connectivity index (χ2v) is 3.94. The third kappa shape index (κ3) is 4.97. The van der Waals surface area contributed by atoms with Crippen LogP contribution >= 0.6 is 0 Å². The number of benzene rings is 1. The van der Waals surface area contributed by atoms with Crippen molar-refractivity contribution in [1.29, 1.82) is 0 Å². The molecule has 0 radical (unpaired) electrons. The highest BCUT2D eigenvalue weighted by Gasteiger charge is 2.15. The minimum Gasteiger partial charge on any atom is -0.494 e. The largest absolute Gasteiger partial charge is 0.494 e. The van der Waals surface area contributed by atoms with Crippen LogP contribution in [0.2, 0.25) is 0 Å². The van der Waals surface area contributed by atoms with Crippen LogP contribution in [0.25, 0.3) is 0 Å². The molecule has 3 N–H and O–H groups in total. The first-order valence-electron chi connectivity index (χ1n) is 5.96. The molecule has 0 aliphatic carbocycles. The van der Waals surface area contributed by atoms with Crippen LogP contribution in [0.4, 0.5) is 0 Å². The Labute approximate surface area is 111 Å². The number of hydrogen-bond donors (Lipinski definition) is 3. The molecule has 104 valence electrons. The van der Waals surface area contributed by atoms with Gasteiger partial charge in [-0.05, 0) is 24.6 Å². The fourth-order valence-electron chi connectivity index (χ4n) is 1.33.